The molecule has 3 aromatic carbocycles. The zero-order chi connectivity index (χ0) is 22.0. The Kier molecular flexibility index (Phi) is 4.17. The zero-order valence-corrected chi connectivity index (χ0v) is 19.3. The van der Waals surface area contributed by atoms with Crippen molar-refractivity contribution in [3.05, 3.63) is 93.1 Å². The van der Waals surface area contributed by atoms with Crippen molar-refractivity contribution in [3.63, 3.8) is 0 Å². The molecule has 1 amide bonds. The van der Waals surface area contributed by atoms with Gasteiger partial charge in [-0.15, -0.1) is 0 Å². The van der Waals surface area contributed by atoms with Gasteiger partial charge in [-0.25, -0.2) is 0 Å². The predicted octanol–water partition coefficient (Wildman–Crippen LogP) is 5.25. The second-order valence-corrected chi connectivity index (χ2v) is 9.14. The minimum Gasteiger partial charge on any atom is -0.493 e. The zero-order valence-electron chi connectivity index (χ0n) is 17.7. The Morgan fingerprint density at radius 2 is 1.75 bits per heavy atom. The molecule has 5 nitrogen and oxygen atoms in total. The molecule has 6 heteroatoms. The van der Waals surface area contributed by atoms with E-state index < -0.39 is 5.54 Å². The van der Waals surface area contributed by atoms with Crippen LogP contribution in [-0.2, 0) is 12.0 Å². The summed E-state index contributed by atoms with van der Waals surface area (Å²) in [5.41, 5.74) is 5.30. The molecule has 1 aromatic heterocycles. The van der Waals surface area contributed by atoms with Gasteiger partial charge in [0.05, 0.1) is 14.2 Å². The number of carbonyl (C=O) groups excluding carboxylic acids is 1. The lowest BCUT2D eigenvalue weighted by Crippen LogP contribution is -2.50. The Morgan fingerprint density at radius 1 is 0.969 bits per heavy atom. The van der Waals surface area contributed by atoms with Gasteiger partial charge < -0.3 is 19.4 Å². The van der Waals surface area contributed by atoms with Crippen LogP contribution in [0.25, 0.3) is 10.9 Å². The first-order valence-electron chi connectivity index (χ1n) is 10.5. The lowest BCUT2D eigenvalue weighted by molar-refractivity contribution is 0.0661. The summed E-state index contributed by atoms with van der Waals surface area (Å²) in [4.78, 5) is 19.1. The van der Waals surface area contributed by atoms with Crippen molar-refractivity contribution in [2.24, 2.45) is 0 Å². The number of aromatic nitrogens is 1. The Labute approximate surface area is 194 Å². The topological polar surface area (TPSA) is 54.6 Å². The molecule has 32 heavy (non-hydrogen) atoms. The SMILES string of the molecule is COc1cc2c(cc1OC)[C@]1(c3c[nH]c4ccc(Br)cc34)c3ccccc3C(=O)N1CC2. The number of fused-ring (bicyclic) bond motifs is 6. The summed E-state index contributed by atoms with van der Waals surface area (Å²) in [5, 5.41) is 1.08. The van der Waals surface area contributed by atoms with Gasteiger partial charge in [0.1, 0.15) is 5.54 Å². The van der Waals surface area contributed by atoms with Crippen LogP contribution in [0.3, 0.4) is 0 Å². The van der Waals surface area contributed by atoms with E-state index in [0.29, 0.717) is 18.0 Å². The Morgan fingerprint density at radius 3 is 2.56 bits per heavy atom. The molecule has 0 saturated heterocycles. The predicted molar refractivity (Wildman–Crippen MR) is 127 cm³/mol. The van der Waals surface area contributed by atoms with E-state index in [-0.39, 0.29) is 5.91 Å². The van der Waals surface area contributed by atoms with Crippen LogP contribution in [0.5, 0.6) is 11.5 Å². The van der Waals surface area contributed by atoms with Crippen molar-refractivity contribution in [3.8, 4) is 11.5 Å². The number of rotatable bonds is 3. The van der Waals surface area contributed by atoms with E-state index in [1.54, 1.807) is 14.2 Å². The molecule has 6 rings (SSSR count). The third-order valence-corrected chi connectivity index (χ3v) is 7.33. The van der Waals surface area contributed by atoms with Crippen LogP contribution in [0.15, 0.2) is 65.3 Å². The van der Waals surface area contributed by atoms with Gasteiger partial charge in [0, 0.05) is 39.2 Å². The number of methoxy groups -OCH3 is 2. The number of aromatic amines is 1. The normalized spacial score (nSPS) is 19.0. The van der Waals surface area contributed by atoms with Gasteiger partial charge >= 0.3 is 0 Å². The molecule has 3 heterocycles. The molecular formula is C26H21BrN2O3. The number of hydrogen-bond acceptors (Lipinski definition) is 3. The average molecular weight is 489 g/mol. The lowest BCUT2D eigenvalue weighted by Gasteiger charge is -2.44. The van der Waals surface area contributed by atoms with Crippen LogP contribution in [-0.4, -0.2) is 36.6 Å². The summed E-state index contributed by atoms with van der Waals surface area (Å²) in [6.07, 6.45) is 2.80. The summed E-state index contributed by atoms with van der Waals surface area (Å²) >= 11 is 3.63. The highest BCUT2D eigenvalue weighted by Crippen LogP contribution is 2.55. The molecule has 0 bridgehead atoms. The minimum atomic E-state index is -0.750. The van der Waals surface area contributed by atoms with Crippen molar-refractivity contribution in [1.29, 1.82) is 0 Å². The van der Waals surface area contributed by atoms with Gasteiger partial charge in [0.15, 0.2) is 11.5 Å². The molecule has 2 aliphatic rings. The molecule has 1 atom stereocenters. The molecule has 0 aliphatic carbocycles. The molecule has 1 N–H and O–H groups in total. The largest absolute Gasteiger partial charge is 0.493 e. The van der Waals surface area contributed by atoms with Crippen molar-refractivity contribution in [2.45, 2.75) is 12.0 Å². The van der Waals surface area contributed by atoms with E-state index >= 15 is 0 Å². The van der Waals surface area contributed by atoms with Crippen molar-refractivity contribution in [1.82, 2.24) is 9.88 Å². The molecule has 4 aromatic rings. The van der Waals surface area contributed by atoms with Crippen LogP contribution in [0.1, 0.15) is 32.6 Å². The molecule has 0 saturated carbocycles. The number of ether oxygens (including phenoxy) is 2. The third-order valence-electron chi connectivity index (χ3n) is 6.83. The second kappa shape index (κ2) is 6.87. The maximum atomic E-state index is 13.7. The average Bonchev–Trinajstić information content (AvgIpc) is 3.35. The Hall–Kier alpha value is -3.25. The van der Waals surface area contributed by atoms with E-state index in [9.17, 15) is 4.79 Å². The molecular weight excluding hydrogens is 468 g/mol. The fourth-order valence-electron chi connectivity index (χ4n) is 5.51. The van der Waals surface area contributed by atoms with E-state index in [4.69, 9.17) is 9.47 Å². The first kappa shape index (κ1) is 19.4. The van der Waals surface area contributed by atoms with Crippen LogP contribution in [0.2, 0.25) is 0 Å². The highest BCUT2D eigenvalue weighted by molar-refractivity contribution is 9.10. The molecule has 2 aliphatic heterocycles. The lowest BCUT2D eigenvalue weighted by atomic mass is 9.72. The minimum absolute atomic E-state index is 0.0605. The number of amides is 1. The van der Waals surface area contributed by atoms with Crippen LogP contribution in [0.4, 0.5) is 0 Å². The maximum Gasteiger partial charge on any atom is 0.255 e. The summed E-state index contributed by atoms with van der Waals surface area (Å²) in [6.45, 7) is 0.622. The number of carbonyl (C=O) groups is 1. The number of nitrogens with zero attached hydrogens (tertiary/aromatic N) is 1. The van der Waals surface area contributed by atoms with Gasteiger partial charge in [0.25, 0.3) is 5.91 Å². The molecule has 0 unspecified atom stereocenters. The fourth-order valence-corrected chi connectivity index (χ4v) is 5.87. The Balaban J connectivity index is 1.78. The molecule has 160 valence electrons. The van der Waals surface area contributed by atoms with Crippen LogP contribution >= 0.6 is 15.9 Å². The number of nitrogens with one attached hydrogen (secondary N) is 1. The van der Waals surface area contributed by atoms with Crippen LogP contribution < -0.4 is 9.47 Å². The standard InChI is InChI=1S/C26H21BrN2O3/c1-31-23-11-15-9-10-29-25(30)17-5-3-4-6-19(17)26(29,20(15)13-24(23)32-2)21-14-28-22-8-7-16(27)12-18(21)22/h3-8,11-14,28H,9-10H2,1-2H3/t26-/m0/s1. The summed E-state index contributed by atoms with van der Waals surface area (Å²) in [7, 11) is 3.30. The quantitative estimate of drug-likeness (QED) is 0.428. The van der Waals surface area contributed by atoms with Gasteiger partial charge in [-0.3, -0.25) is 4.79 Å². The first-order chi connectivity index (χ1) is 15.6. The summed E-state index contributed by atoms with van der Waals surface area (Å²) in [6, 6.07) is 18.3. The van der Waals surface area contributed by atoms with E-state index in [2.05, 4.69) is 45.2 Å². The smallest absolute Gasteiger partial charge is 0.255 e. The summed E-state index contributed by atoms with van der Waals surface area (Å²) < 4.78 is 12.3. The van der Waals surface area contributed by atoms with Crippen LogP contribution in [0, 0.1) is 0 Å². The maximum absolute atomic E-state index is 13.7. The highest BCUT2D eigenvalue weighted by Gasteiger charge is 2.55. The van der Waals surface area contributed by atoms with E-state index in [1.807, 2.05) is 41.4 Å². The van der Waals surface area contributed by atoms with Crippen molar-refractivity contribution < 1.29 is 14.3 Å². The van der Waals surface area contributed by atoms with E-state index in [1.165, 1.54) is 0 Å². The van der Waals surface area contributed by atoms with Crippen molar-refractivity contribution in [2.75, 3.05) is 20.8 Å². The van der Waals surface area contributed by atoms with Gasteiger partial charge in [-0.05, 0) is 59.5 Å². The second-order valence-electron chi connectivity index (χ2n) is 8.22. The molecule has 0 spiro atoms. The summed E-state index contributed by atoms with van der Waals surface area (Å²) in [5.74, 6) is 1.42. The molecule has 0 radical (unpaired) electrons. The monoisotopic (exact) mass is 488 g/mol. The highest BCUT2D eigenvalue weighted by atomic mass is 79.9. The van der Waals surface area contributed by atoms with Gasteiger partial charge in [0.2, 0.25) is 0 Å². The number of halogens is 1. The Bertz CT molecular complexity index is 1410. The van der Waals surface area contributed by atoms with Gasteiger partial charge in [-0.2, -0.15) is 0 Å². The number of benzene rings is 3. The molecule has 0 fully saturated rings. The number of H-pyrrole nitrogens is 1. The number of hydrogen-bond donors (Lipinski definition) is 1. The third kappa shape index (κ3) is 2.36. The van der Waals surface area contributed by atoms with Gasteiger partial charge in [-0.1, -0.05) is 34.1 Å². The fraction of sp³-hybridized carbons (Fsp3) is 0.192. The first-order valence-corrected chi connectivity index (χ1v) is 11.3. The van der Waals surface area contributed by atoms with Crippen molar-refractivity contribution >= 4 is 32.7 Å². The van der Waals surface area contributed by atoms with E-state index in [0.717, 1.165) is 49.6 Å².